The zero-order valence-corrected chi connectivity index (χ0v) is 69.9. The molecule has 0 heterocycles. The number of nitrogens with two attached hydrogens (primary N) is 10. The van der Waals surface area contributed by atoms with Gasteiger partial charge in [0.25, 0.3) is 0 Å². The molecule has 9 atom stereocenters. The van der Waals surface area contributed by atoms with Crippen LogP contribution in [0, 0.1) is 0 Å². The third-order valence-electron chi connectivity index (χ3n) is 14.0. The van der Waals surface area contributed by atoms with E-state index in [0.29, 0.717) is 128 Å². The van der Waals surface area contributed by atoms with E-state index in [1.807, 2.05) is 82.7 Å². The Kier molecular flexibility index (Phi) is 53.4. The van der Waals surface area contributed by atoms with Gasteiger partial charge in [-0.25, -0.2) is 0 Å². The average molecular weight is 1520 g/mol. The second-order valence-corrected chi connectivity index (χ2v) is 52.0. The summed E-state index contributed by atoms with van der Waals surface area (Å²) in [5, 5.41) is 0. The molecule has 0 aromatic rings. The highest BCUT2D eigenvalue weighted by Gasteiger charge is 2.68. The minimum atomic E-state index is -4.45. The molecule has 0 spiro atoms. The van der Waals surface area contributed by atoms with E-state index in [2.05, 4.69) is 0 Å². The molecule has 0 aliphatic heterocycles. The van der Waals surface area contributed by atoms with Gasteiger partial charge in [-0.1, -0.05) is 0 Å². The molecule has 0 aliphatic carbocycles. The van der Waals surface area contributed by atoms with Crippen LogP contribution in [0.2, 0.25) is 67.0 Å². The molecule has 40 heteroatoms. The Labute approximate surface area is 573 Å². The Bertz CT molecular complexity index is 1820. The van der Waals surface area contributed by atoms with Gasteiger partial charge in [-0.3, -0.25) is 0 Å². The van der Waals surface area contributed by atoms with Crippen molar-refractivity contribution in [3.63, 3.8) is 0 Å². The normalized spacial score (nSPS) is 18.4. The van der Waals surface area contributed by atoms with Crippen LogP contribution < -0.4 is 57.3 Å². The molecule has 0 saturated carbocycles. The van der Waals surface area contributed by atoms with Gasteiger partial charge in [0, 0.05) is 127 Å². The van der Waals surface area contributed by atoms with Crippen LogP contribution in [-0.4, -0.2) is 226 Å². The van der Waals surface area contributed by atoms with Gasteiger partial charge < -0.3 is 143 Å². The van der Waals surface area contributed by atoms with Gasteiger partial charge in [0.2, 0.25) is 0 Å². The Hall–Kier alpha value is 0.969. The molecule has 0 aromatic carbocycles. The largest absolute Gasteiger partial charge is 0.493 e. The molecule has 30 nitrogen and oxygen atoms in total. The standard InChI is InChI=1S/C53H138N10O20Si10/c1-13-64-84(12,44-24-34-54)75-86(67-16-4,46-26-36-56)77-88(69-18-6,48-28-38-58)79-90(71-20-8,50-30-40-60)81-92(73-22-10,52-32-42-62)83-93(74-23-11,53-33-43-63)82-91(72-21-9,51-31-41-61)80-89(70-19-7,49-29-39-59)78-87(68-17-5,47-27-37-57)76-85(65-14-2,66-15-3)45-25-35-55/h13-63H2,1-12H3. The van der Waals surface area contributed by atoms with Crippen molar-refractivity contribution in [2.24, 2.45) is 57.3 Å². The minimum absolute atomic E-state index is 0.0976. The first-order valence-corrected chi connectivity index (χ1v) is 54.9. The van der Waals surface area contributed by atoms with E-state index in [1.54, 1.807) is 0 Å². The van der Waals surface area contributed by atoms with Crippen LogP contribution in [0.1, 0.15) is 140 Å². The summed E-state index contributed by atoms with van der Waals surface area (Å²) >= 11 is 0. The van der Waals surface area contributed by atoms with Crippen LogP contribution in [0.4, 0.5) is 0 Å². The van der Waals surface area contributed by atoms with Crippen LogP contribution in [0.25, 0.3) is 0 Å². The fourth-order valence-corrected chi connectivity index (χ4v) is 57.7. The summed E-state index contributed by atoms with van der Waals surface area (Å²) in [7, 11) is -41.0. The van der Waals surface area contributed by atoms with E-state index < -0.39 is 87.8 Å². The highest BCUT2D eigenvalue weighted by atomic mass is 28.6. The number of hydrogen-bond acceptors (Lipinski definition) is 30. The van der Waals surface area contributed by atoms with E-state index in [1.165, 1.54) is 0 Å². The lowest BCUT2D eigenvalue weighted by Crippen LogP contribution is -2.72. The van der Waals surface area contributed by atoms with E-state index in [9.17, 15) is 0 Å². The third kappa shape index (κ3) is 34.7. The SMILES string of the molecule is CCO[Si](C)(CCCN)O[Si](CCCN)(OCC)O[Si](CCCN)(OCC)O[Si](CCCN)(OCC)O[Si](CCCN)(OCC)O[Si](CCCN)(OCC)O[Si](CCCN)(OCC)O[Si](CCCN)(OCC)O[Si](CCCN)(OCC)O[Si](CCCN)(OCC)OCC. The number of rotatable bonds is 70. The molecule has 560 valence electrons. The molecule has 0 fully saturated rings. The first-order chi connectivity index (χ1) is 44.6. The van der Waals surface area contributed by atoms with E-state index in [4.69, 9.17) is 143 Å². The maximum absolute atomic E-state index is 7.88. The molecule has 20 N–H and O–H groups in total. The van der Waals surface area contributed by atoms with Crippen molar-refractivity contribution in [2.45, 2.75) is 207 Å². The topological polar surface area (TPSA) is 445 Å². The van der Waals surface area contributed by atoms with Gasteiger partial charge >= 0.3 is 87.8 Å². The first kappa shape index (κ1) is 94.0. The van der Waals surface area contributed by atoms with Crippen LogP contribution in [0.15, 0.2) is 0 Å². The van der Waals surface area contributed by atoms with Crippen molar-refractivity contribution in [3.05, 3.63) is 0 Å². The Morgan fingerprint density at radius 3 is 0.462 bits per heavy atom. The smallest absolute Gasteiger partial charge is 0.395 e. The lowest BCUT2D eigenvalue weighted by Gasteiger charge is -2.48. The van der Waals surface area contributed by atoms with Gasteiger partial charge in [-0.05, 0) is 218 Å². The molecule has 0 rings (SSSR count). The quantitative estimate of drug-likeness (QED) is 0.0373. The van der Waals surface area contributed by atoms with E-state index in [-0.39, 0.29) is 134 Å². The van der Waals surface area contributed by atoms with Crippen molar-refractivity contribution in [3.8, 4) is 0 Å². The maximum Gasteiger partial charge on any atom is 0.493 e. The van der Waals surface area contributed by atoms with E-state index in [0.717, 1.165) is 0 Å². The summed E-state index contributed by atoms with van der Waals surface area (Å²) in [5.41, 5.74) is 63.8. The highest BCUT2D eigenvalue weighted by Crippen LogP contribution is 2.42. The van der Waals surface area contributed by atoms with Crippen LogP contribution in [-0.2, 0) is 85.7 Å². The summed E-state index contributed by atoms with van der Waals surface area (Å²) in [6, 6.07) is 2.56. The fraction of sp³-hybridized carbons (Fsp3) is 1.00. The molecule has 0 saturated heterocycles. The highest BCUT2D eigenvalue weighted by molar-refractivity contribution is 6.89. The maximum atomic E-state index is 7.88. The van der Waals surface area contributed by atoms with Gasteiger partial charge in [0.15, 0.2) is 0 Å². The third-order valence-corrected chi connectivity index (χ3v) is 55.0. The van der Waals surface area contributed by atoms with Crippen LogP contribution in [0.5, 0.6) is 0 Å². The fourth-order valence-electron chi connectivity index (χ4n) is 10.5. The molecular weight excluding hydrogens is 1380 g/mol. The first-order valence-electron chi connectivity index (χ1n) is 35.0. The van der Waals surface area contributed by atoms with Crippen molar-refractivity contribution in [2.75, 3.05) is 138 Å². The van der Waals surface area contributed by atoms with Crippen molar-refractivity contribution < 1.29 is 85.7 Å². The molecule has 0 radical (unpaired) electrons. The molecule has 0 amide bonds. The zero-order chi connectivity index (χ0) is 70.1. The predicted molar refractivity (Wildman–Crippen MR) is 386 cm³/mol. The molecule has 9 unspecified atom stereocenters. The van der Waals surface area contributed by atoms with Crippen LogP contribution >= 0.6 is 0 Å². The predicted octanol–water partition coefficient (Wildman–Crippen LogP) is 4.55. The Morgan fingerprint density at radius 2 is 0.301 bits per heavy atom. The van der Waals surface area contributed by atoms with Gasteiger partial charge in [-0.2, -0.15) is 0 Å². The summed E-state index contributed by atoms with van der Waals surface area (Å²) in [5.74, 6) is 0. The molecule has 0 aliphatic rings. The van der Waals surface area contributed by atoms with Crippen LogP contribution in [0.3, 0.4) is 0 Å². The van der Waals surface area contributed by atoms with Gasteiger partial charge in [-0.15, -0.1) is 0 Å². The van der Waals surface area contributed by atoms with Crippen molar-refractivity contribution >= 4 is 87.8 Å². The van der Waals surface area contributed by atoms with Crippen molar-refractivity contribution in [1.29, 1.82) is 0 Å². The molecule has 0 bridgehead atoms. The minimum Gasteiger partial charge on any atom is -0.395 e. The summed E-state index contributed by atoms with van der Waals surface area (Å²) < 4.78 is 145. The summed E-state index contributed by atoms with van der Waals surface area (Å²) in [6.45, 7) is 27.7. The second kappa shape index (κ2) is 52.9. The Balaban J connectivity index is 9.57. The molecule has 93 heavy (non-hydrogen) atoms. The number of hydrogen-bond donors (Lipinski definition) is 10. The molecular formula is C53H138N10O20Si10. The van der Waals surface area contributed by atoms with E-state index >= 15 is 0 Å². The zero-order valence-electron chi connectivity index (χ0n) is 59.9. The lowest BCUT2D eigenvalue weighted by molar-refractivity contribution is 0.0278. The summed E-state index contributed by atoms with van der Waals surface area (Å²) in [4.78, 5) is 0. The van der Waals surface area contributed by atoms with Gasteiger partial charge in [0.05, 0.1) is 0 Å². The average Bonchev–Trinajstić information content (AvgIpc) is 0.792. The monoisotopic (exact) mass is 1510 g/mol. The Morgan fingerprint density at radius 1 is 0.172 bits per heavy atom. The second-order valence-electron chi connectivity index (χ2n) is 21.9. The molecule has 0 aromatic heterocycles. The summed E-state index contributed by atoms with van der Waals surface area (Å²) in [6.07, 6.45) is 4.44. The lowest BCUT2D eigenvalue weighted by atomic mass is 10.5. The van der Waals surface area contributed by atoms with Crippen molar-refractivity contribution in [1.82, 2.24) is 0 Å². The van der Waals surface area contributed by atoms with Gasteiger partial charge in [0.1, 0.15) is 0 Å².